The maximum absolute atomic E-state index is 11.8. The molecule has 7 heteroatoms. The first-order valence-corrected chi connectivity index (χ1v) is 12.1. The smallest absolute Gasteiger partial charge is 0.337 e. The number of hydrogen-bond donors (Lipinski definition) is 0. The summed E-state index contributed by atoms with van der Waals surface area (Å²) in [7, 11) is 3.58. The standard InChI is InChI=1S/C28H29NO6/c1-16(30)34-22-10-8-19-14-21-20-9-11-23(33-15-17-4-6-18(7-5-17)27(31)32-3)26-28(20,12-13-29(21)2)24(19)25(22)35-26/h4-11,20-21,23,26H,12-15H2,1-3H3/t20-,21+,23-,26-,28-/m0/s1. The summed E-state index contributed by atoms with van der Waals surface area (Å²) in [5.74, 6) is 0.797. The van der Waals surface area contributed by atoms with Crippen molar-refractivity contribution in [3.05, 3.63) is 70.8 Å². The van der Waals surface area contributed by atoms with Crippen LogP contribution >= 0.6 is 0 Å². The molecule has 2 aromatic carbocycles. The van der Waals surface area contributed by atoms with Crippen molar-refractivity contribution in [1.82, 2.24) is 4.90 Å². The zero-order valence-corrected chi connectivity index (χ0v) is 20.2. The van der Waals surface area contributed by atoms with Gasteiger partial charge in [0.2, 0.25) is 0 Å². The molecule has 2 aliphatic heterocycles. The van der Waals surface area contributed by atoms with Crippen LogP contribution in [-0.2, 0) is 32.7 Å². The fourth-order valence-electron chi connectivity index (χ4n) is 6.63. The highest BCUT2D eigenvalue weighted by Gasteiger charge is 2.64. The van der Waals surface area contributed by atoms with Gasteiger partial charge in [-0.05, 0) is 55.8 Å². The molecule has 0 N–H and O–H groups in total. The van der Waals surface area contributed by atoms with Crippen LogP contribution in [0.4, 0.5) is 0 Å². The molecule has 0 radical (unpaired) electrons. The van der Waals surface area contributed by atoms with Crippen LogP contribution in [-0.4, -0.2) is 55.8 Å². The first-order valence-electron chi connectivity index (χ1n) is 12.1. The molecule has 4 aliphatic rings. The average molecular weight is 476 g/mol. The van der Waals surface area contributed by atoms with Crippen molar-refractivity contribution in [3.63, 3.8) is 0 Å². The highest BCUT2D eigenvalue weighted by atomic mass is 16.6. The number of carbonyl (C=O) groups excluding carboxylic acids is 2. The maximum Gasteiger partial charge on any atom is 0.337 e. The number of methoxy groups -OCH3 is 1. The predicted octanol–water partition coefficient (Wildman–Crippen LogP) is 3.43. The number of benzene rings is 2. The van der Waals surface area contributed by atoms with Crippen LogP contribution in [0.1, 0.15) is 40.4 Å². The number of carbonyl (C=O) groups is 2. The number of ether oxygens (including phenoxy) is 4. The molecule has 7 nitrogen and oxygen atoms in total. The molecule has 35 heavy (non-hydrogen) atoms. The summed E-state index contributed by atoms with van der Waals surface area (Å²) < 4.78 is 23.5. The molecule has 0 saturated carbocycles. The highest BCUT2D eigenvalue weighted by molar-refractivity contribution is 5.89. The summed E-state index contributed by atoms with van der Waals surface area (Å²) in [6.07, 6.45) is 5.92. The Bertz CT molecular complexity index is 1220. The van der Waals surface area contributed by atoms with Gasteiger partial charge < -0.3 is 23.8 Å². The summed E-state index contributed by atoms with van der Waals surface area (Å²) >= 11 is 0. The SMILES string of the molecule is COC(=O)c1ccc(CO[C@H]2C=C[C@H]3[C@H]4Cc5ccc(OC(C)=O)c6c5[C@@]3(CCN4C)[C@H]2O6)cc1. The third kappa shape index (κ3) is 3.32. The lowest BCUT2D eigenvalue weighted by Crippen LogP contribution is -2.65. The fraction of sp³-hybridized carbons (Fsp3) is 0.429. The van der Waals surface area contributed by atoms with Gasteiger partial charge in [0.25, 0.3) is 0 Å². The van der Waals surface area contributed by atoms with Crippen molar-refractivity contribution in [1.29, 1.82) is 0 Å². The van der Waals surface area contributed by atoms with E-state index in [2.05, 4.69) is 30.2 Å². The van der Waals surface area contributed by atoms with Gasteiger partial charge in [-0.2, -0.15) is 0 Å². The lowest BCUT2D eigenvalue weighted by Gasteiger charge is -2.56. The zero-order chi connectivity index (χ0) is 24.3. The van der Waals surface area contributed by atoms with E-state index in [0.717, 1.165) is 24.9 Å². The second-order valence-corrected chi connectivity index (χ2v) is 9.98. The molecule has 182 valence electrons. The summed E-state index contributed by atoms with van der Waals surface area (Å²) in [5.41, 5.74) is 3.75. The van der Waals surface area contributed by atoms with E-state index in [4.69, 9.17) is 18.9 Å². The van der Waals surface area contributed by atoms with Crippen molar-refractivity contribution in [2.75, 3.05) is 20.7 Å². The molecular formula is C28H29NO6. The van der Waals surface area contributed by atoms with Gasteiger partial charge in [-0.25, -0.2) is 4.79 Å². The summed E-state index contributed by atoms with van der Waals surface area (Å²) in [4.78, 5) is 26.0. The van der Waals surface area contributed by atoms with Crippen LogP contribution in [0.2, 0.25) is 0 Å². The molecule has 0 unspecified atom stereocenters. The van der Waals surface area contributed by atoms with Crippen LogP contribution in [0.15, 0.2) is 48.6 Å². The summed E-state index contributed by atoms with van der Waals surface area (Å²) in [6.45, 7) is 2.79. The first kappa shape index (κ1) is 22.3. The number of hydrogen-bond acceptors (Lipinski definition) is 7. The molecule has 1 spiro atoms. The van der Waals surface area contributed by atoms with Crippen molar-refractivity contribution in [2.45, 2.75) is 50.0 Å². The Kier molecular flexibility index (Phi) is 5.23. The van der Waals surface area contributed by atoms with Gasteiger partial charge in [-0.3, -0.25) is 4.79 Å². The van der Waals surface area contributed by atoms with Crippen LogP contribution in [0.5, 0.6) is 11.5 Å². The van der Waals surface area contributed by atoms with E-state index in [1.54, 1.807) is 12.1 Å². The second kappa shape index (κ2) is 8.21. The Labute approximate surface area is 204 Å². The Hall–Kier alpha value is -3.16. The van der Waals surface area contributed by atoms with E-state index in [9.17, 15) is 9.59 Å². The molecule has 1 saturated heterocycles. The fourth-order valence-corrected chi connectivity index (χ4v) is 6.63. The van der Waals surface area contributed by atoms with Crippen LogP contribution in [0.25, 0.3) is 0 Å². The van der Waals surface area contributed by atoms with Crippen LogP contribution in [0.3, 0.4) is 0 Å². The molecule has 2 heterocycles. The third-order valence-electron chi connectivity index (χ3n) is 8.19. The molecule has 2 bridgehead atoms. The van der Waals surface area contributed by atoms with E-state index in [0.29, 0.717) is 35.6 Å². The lowest BCUT2D eigenvalue weighted by atomic mass is 9.53. The minimum atomic E-state index is -0.358. The van der Waals surface area contributed by atoms with Gasteiger partial charge in [0, 0.05) is 29.9 Å². The Balaban J connectivity index is 1.33. The summed E-state index contributed by atoms with van der Waals surface area (Å²) in [6, 6.07) is 11.6. The van der Waals surface area contributed by atoms with Gasteiger partial charge in [0.1, 0.15) is 12.2 Å². The largest absolute Gasteiger partial charge is 0.482 e. The Morgan fingerprint density at radius 2 is 1.94 bits per heavy atom. The van der Waals surface area contributed by atoms with Crippen molar-refractivity contribution < 1.29 is 28.5 Å². The Morgan fingerprint density at radius 3 is 2.69 bits per heavy atom. The molecule has 0 aromatic heterocycles. The molecule has 6 rings (SSSR count). The minimum absolute atomic E-state index is 0.200. The number of esters is 2. The van der Waals surface area contributed by atoms with E-state index in [1.165, 1.54) is 25.2 Å². The van der Waals surface area contributed by atoms with Crippen LogP contribution in [0, 0.1) is 5.92 Å². The average Bonchev–Trinajstić information content (AvgIpc) is 3.21. The summed E-state index contributed by atoms with van der Waals surface area (Å²) in [5, 5.41) is 0. The molecule has 0 amide bonds. The second-order valence-electron chi connectivity index (χ2n) is 9.98. The number of rotatable bonds is 5. The highest BCUT2D eigenvalue weighted by Crippen LogP contribution is 2.62. The van der Waals surface area contributed by atoms with E-state index in [-0.39, 0.29) is 29.6 Å². The lowest BCUT2D eigenvalue weighted by molar-refractivity contribution is -0.132. The van der Waals surface area contributed by atoms with Gasteiger partial charge in [0.15, 0.2) is 11.5 Å². The zero-order valence-electron chi connectivity index (χ0n) is 20.2. The topological polar surface area (TPSA) is 74.3 Å². The van der Waals surface area contributed by atoms with E-state index in [1.807, 2.05) is 18.2 Å². The van der Waals surface area contributed by atoms with E-state index < -0.39 is 0 Å². The quantitative estimate of drug-likeness (QED) is 0.373. The van der Waals surface area contributed by atoms with Gasteiger partial charge >= 0.3 is 11.9 Å². The van der Waals surface area contributed by atoms with Crippen molar-refractivity contribution in [2.24, 2.45) is 5.92 Å². The number of likely N-dealkylation sites (N-methyl/N-ethyl adjacent to an activating group) is 1. The molecule has 1 fully saturated rings. The maximum atomic E-state index is 11.8. The third-order valence-corrected chi connectivity index (χ3v) is 8.19. The number of likely N-dealkylation sites (tertiary alicyclic amines) is 1. The minimum Gasteiger partial charge on any atom is -0.482 e. The normalized spacial score (nSPS) is 29.8. The number of piperidine rings is 1. The van der Waals surface area contributed by atoms with Gasteiger partial charge in [-0.1, -0.05) is 30.4 Å². The van der Waals surface area contributed by atoms with Gasteiger partial charge in [-0.15, -0.1) is 0 Å². The van der Waals surface area contributed by atoms with Gasteiger partial charge in [0.05, 0.1) is 19.3 Å². The Morgan fingerprint density at radius 1 is 1.14 bits per heavy atom. The first-order chi connectivity index (χ1) is 16.9. The molecule has 5 atom stereocenters. The monoisotopic (exact) mass is 475 g/mol. The van der Waals surface area contributed by atoms with E-state index >= 15 is 0 Å². The molecule has 2 aliphatic carbocycles. The van der Waals surface area contributed by atoms with Crippen molar-refractivity contribution in [3.8, 4) is 11.5 Å². The molecule has 2 aromatic rings. The molecular weight excluding hydrogens is 446 g/mol. The number of nitrogens with zero attached hydrogens (tertiary/aromatic N) is 1. The van der Waals surface area contributed by atoms with Crippen LogP contribution < -0.4 is 9.47 Å². The van der Waals surface area contributed by atoms with Crippen molar-refractivity contribution >= 4 is 11.9 Å². The predicted molar refractivity (Wildman–Crippen MR) is 128 cm³/mol.